The van der Waals surface area contributed by atoms with Gasteiger partial charge in [-0.2, -0.15) is 0 Å². The van der Waals surface area contributed by atoms with Crippen molar-refractivity contribution in [1.82, 2.24) is 4.90 Å². The molecule has 19 heavy (non-hydrogen) atoms. The van der Waals surface area contributed by atoms with Crippen molar-refractivity contribution in [3.05, 3.63) is 29.3 Å². The van der Waals surface area contributed by atoms with Gasteiger partial charge in [0.05, 0.1) is 11.7 Å². The standard InChI is InChI=1S/C13H15NO5/c1-7-2-3-9(11(16)4-7)12(17)14-6-8(15)5-10(14)13(18)19/h2-4,8,10,15-16H,5-6H2,1H3,(H,18,19)/t8-,10-/m1/s1. The summed E-state index contributed by atoms with van der Waals surface area (Å²) >= 11 is 0. The highest BCUT2D eigenvalue weighted by atomic mass is 16.4. The van der Waals surface area contributed by atoms with Gasteiger partial charge in [-0.1, -0.05) is 6.07 Å². The summed E-state index contributed by atoms with van der Waals surface area (Å²) in [4.78, 5) is 24.4. The van der Waals surface area contributed by atoms with E-state index in [0.29, 0.717) is 0 Å². The fourth-order valence-corrected chi connectivity index (χ4v) is 2.25. The Kier molecular flexibility index (Phi) is 3.44. The number of carboxylic acids is 1. The molecule has 6 heteroatoms. The van der Waals surface area contributed by atoms with Crippen molar-refractivity contribution in [2.45, 2.75) is 25.5 Å². The minimum atomic E-state index is -1.16. The van der Waals surface area contributed by atoms with E-state index >= 15 is 0 Å². The number of rotatable bonds is 2. The molecule has 2 atom stereocenters. The molecule has 1 fully saturated rings. The van der Waals surface area contributed by atoms with E-state index in [9.17, 15) is 19.8 Å². The van der Waals surface area contributed by atoms with Crippen molar-refractivity contribution in [2.24, 2.45) is 0 Å². The number of aryl methyl sites for hydroxylation is 1. The van der Waals surface area contributed by atoms with Gasteiger partial charge in [-0.15, -0.1) is 0 Å². The van der Waals surface area contributed by atoms with E-state index in [-0.39, 0.29) is 24.3 Å². The van der Waals surface area contributed by atoms with E-state index in [2.05, 4.69) is 0 Å². The Bertz CT molecular complexity index is 528. The van der Waals surface area contributed by atoms with Crippen LogP contribution in [0.1, 0.15) is 22.3 Å². The molecule has 102 valence electrons. The van der Waals surface area contributed by atoms with E-state index in [1.807, 2.05) is 0 Å². The van der Waals surface area contributed by atoms with E-state index in [1.54, 1.807) is 13.0 Å². The number of β-amino-alcohol motifs (C(OH)–C–C–N with tert-alkyl or cyclic N) is 1. The van der Waals surface area contributed by atoms with Crippen LogP contribution in [0.15, 0.2) is 18.2 Å². The van der Waals surface area contributed by atoms with Crippen LogP contribution in [-0.2, 0) is 4.79 Å². The second kappa shape index (κ2) is 4.89. The molecule has 1 aromatic rings. The molecular weight excluding hydrogens is 250 g/mol. The zero-order chi connectivity index (χ0) is 14.2. The van der Waals surface area contributed by atoms with Gasteiger partial charge in [0.15, 0.2) is 0 Å². The zero-order valence-corrected chi connectivity index (χ0v) is 10.4. The number of hydrogen-bond donors (Lipinski definition) is 3. The lowest BCUT2D eigenvalue weighted by atomic mass is 10.1. The van der Waals surface area contributed by atoms with Gasteiger partial charge in [0, 0.05) is 13.0 Å². The van der Waals surface area contributed by atoms with E-state index in [1.165, 1.54) is 12.1 Å². The van der Waals surface area contributed by atoms with Crippen LogP contribution in [-0.4, -0.2) is 50.8 Å². The summed E-state index contributed by atoms with van der Waals surface area (Å²) in [6.07, 6.45) is -0.842. The molecule has 0 spiro atoms. The van der Waals surface area contributed by atoms with Gasteiger partial charge in [0.1, 0.15) is 11.8 Å². The molecule has 1 aliphatic rings. The van der Waals surface area contributed by atoms with Crippen LogP contribution in [0.3, 0.4) is 0 Å². The van der Waals surface area contributed by atoms with Crippen molar-refractivity contribution in [3.8, 4) is 5.75 Å². The van der Waals surface area contributed by atoms with Gasteiger partial charge < -0.3 is 20.2 Å². The molecule has 0 unspecified atom stereocenters. The van der Waals surface area contributed by atoms with Gasteiger partial charge in [-0.05, 0) is 24.6 Å². The lowest BCUT2D eigenvalue weighted by Crippen LogP contribution is -2.40. The number of aromatic hydroxyl groups is 1. The third-order valence-electron chi connectivity index (χ3n) is 3.21. The largest absolute Gasteiger partial charge is 0.507 e. The first-order valence-electron chi connectivity index (χ1n) is 5.91. The molecule has 0 radical (unpaired) electrons. The Morgan fingerprint density at radius 3 is 2.63 bits per heavy atom. The summed E-state index contributed by atoms with van der Waals surface area (Å²) in [5, 5.41) is 28.3. The van der Waals surface area contributed by atoms with Crippen LogP contribution < -0.4 is 0 Å². The van der Waals surface area contributed by atoms with Crippen LogP contribution >= 0.6 is 0 Å². The molecule has 0 aliphatic carbocycles. The highest BCUT2D eigenvalue weighted by Gasteiger charge is 2.39. The number of amides is 1. The number of aliphatic hydroxyl groups is 1. The summed E-state index contributed by atoms with van der Waals surface area (Å²) in [6.45, 7) is 1.73. The number of hydrogen-bond acceptors (Lipinski definition) is 4. The number of aliphatic hydroxyl groups excluding tert-OH is 1. The Hall–Kier alpha value is -2.08. The number of carbonyl (C=O) groups is 2. The van der Waals surface area contributed by atoms with Crippen molar-refractivity contribution in [3.63, 3.8) is 0 Å². The van der Waals surface area contributed by atoms with Crippen molar-refractivity contribution < 1.29 is 24.9 Å². The van der Waals surface area contributed by atoms with Crippen molar-refractivity contribution in [1.29, 1.82) is 0 Å². The molecular formula is C13H15NO5. The molecule has 0 saturated carbocycles. The van der Waals surface area contributed by atoms with Crippen LogP contribution in [0.25, 0.3) is 0 Å². The second-order valence-electron chi connectivity index (χ2n) is 4.72. The maximum atomic E-state index is 12.2. The quantitative estimate of drug-likeness (QED) is 0.717. The van der Waals surface area contributed by atoms with Crippen LogP contribution in [0.2, 0.25) is 0 Å². The topological polar surface area (TPSA) is 98.1 Å². The average Bonchev–Trinajstić information content (AvgIpc) is 2.70. The van der Waals surface area contributed by atoms with Crippen molar-refractivity contribution in [2.75, 3.05) is 6.54 Å². The molecule has 2 rings (SSSR count). The highest BCUT2D eigenvalue weighted by Crippen LogP contribution is 2.25. The Balaban J connectivity index is 2.30. The second-order valence-corrected chi connectivity index (χ2v) is 4.72. The van der Waals surface area contributed by atoms with E-state index < -0.39 is 24.0 Å². The highest BCUT2D eigenvalue weighted by molar-refractivity contribution is 5.99. The van der Waals surface area contributed by atoms with E-state index in [4.69, 9.17) is 5.11 Å². The fourth-order valence-electron chi connectivity index (χ4n) is 2.25. The molecule has 1 aromatic carbocycles. The Morgan fingerprint density at radius 2 is 2.05 bits per heavy atom. The molecule has 6 nitrogen and oxygen atoms in total. The van der Waals surface area contributed by atoms with Gasteiger partial charge >= 0.3 is 5.97 Å². The van der Waals surface area contributed by atoms with Gasteiger partial charge in [0.25, 0.3) is 5.91 Å². The Labute approximate surface area is 109 Å². The summed E-state index contributed by atoms with van der Waals surface area (Å²) < 4.78 is 0. The van der Waals surface area contributed by atoms with Crippen LogP contribution in [0.5, 0.6) is 5.75 Å². The molecule has 1 amide bonds. The fraction of sp³-hybridized carbons (Fsp3) is 0.385. The summed E-state index contributed by atoms with van der Waals surface area (Å²) in [5.74, 6) is -1.92. The third-order valence-corrected chi connectivity index (χ3v) is 3.21. The number of nitrogens with zero attached hydrogens (tertiary/aromatic N) is 1. The lowest BCUT2D eigenvalue weighted by Gasteiger charge is -2.21. The van der Waals surface area contributed by atoms with Crippen molar-refractivity contribution >= 4 is 11.9 Å². The lowest BCUT2D eigenvalue weighted by molar-refractivity contribution is -0.141. The van der Waals surface area contributed by atoms with Gasteiger partial charge in [0.2, 0.25) is 0 Å². The number of benzene rings is 1. The maximum Gasteiger partial charge on any atom is 0.326 e. The smallest absolute Gasteiger partial charge is 0.326 e. The minimum Gasteiger partial charge on any atom is -0.507 e. The molecule has 0 aromatic heterocycles. The molecule has 1 aliphatic heterocycles. The first kappa shape index (κ1) is 13.4. The van der Waals surface area contributed by atoms with E-state index in [0.717, 1.165) is 10.5 Å². The predicted molar refractivity (Wildman–Crippen MR) is 65.9 cm³/mol. The first-order chi connectivity index (χ1) is 8.90. The molecule has 0 bridgehead atoms. The number of carbonyl (C=O) groups excluding carboxylic acids is 1. The minimum absolute atomic E-state index is 0.00764. The third kappa shape index (κ3) is 2.53. The van der Waals surface area contributed by atoms with Crippen LogP contribution in [0.4, 0.5) is 0 Å². The number of carboxylic acid groups (broad SMARTS) is 1. The normalized spacial score (nSPS) is 22.5. The number of phenols is 1. The number of phenolic OH excluding ortho intramolecular Hbond substituents is 1. The maximum absolute atomic E-state index is 12.2. The van der Waals surface area contributed by atoms with Gasteiger partial charge in [-0.25, -0.2) is 4.79 Å². The SMILES string of the molecule is Cc1ccc(C(=O)N2C[C@H](O)C[C@@H]2C(=O)O)c(O)c1. The van der Waals surface area contributed by atoms with Gasteiger partial charge in [-0.3, -0.25) is 4.79 Å². The zero-order valence-electron chi connectivity index (χ0n) is 10.4. The average molecular weight is 265 g/mol. The Morgan fingerprint density at radius 1 is 1.37 bits per heavy atom. The summed E-state index contributed by atoms with van der Waals surface area (Å²) in [5.41, 5.74) is 0.844. The number of likely N-dealkylation sites (tertiary alicyclic amines) is 1. The predicted octanol–water partition coefficient (Wildman–Crippen LogP) is 0.361. The summed E-state index contributed by atoms with van der Waals surface area (Å²) in [6, 6.07) is 3.50. The molecule has 1 heterocycles. The van der Waals surface area contributed by atoms with Crippen LogP contribution in [0, 0.1) is 6.92 Å². The first-order valence-corrected chi connectivity index (χ1v) is 5.91. The monoisotopic (exact) mass is 265 g/mol. The summed E-state index contributed by atoms with van der Waals surface area (Å²) in [7, 11) is 0. The number of aliphatic carboxylic acids is 1. The molecule has 1 saturated heterocycles. The molecule has 3 N–H and O–H groups in total.